The molecule has 1 aliphatic heterocycles. The number of hydrogen-bond donors (Lipinski definition) is 1. The second-order valence-electron chi connectivity index (χ2n) is 8.17. The highest BCUT2D eigenvalue weighted by Crippen LogP contribution is 2.31. The van der Waals surface area contributed by atoms with E-state index in [4.69, 9.17) is 9.47 Å². The molecule has 0 spiro atoms. The number of nitrogens with one attached hydrogen (secondary N) is 1. The van der Waals surface area contributed by atoms with Crippen LogP contribution in [-0.2, 0) is 22.7 Å². The Labute approximate surface area is 202 Å². The van der Waals surface area contributed by atoms with Gasteiger partial charge in [-0.05, 0) is 42.8 Å². The van der Waals surface area contributed by atoms with Crippen LogP contribution in [0.5, 0.6) is 11.5 Å². The van der Waals surface area contributed by atoms with Gasteiger partial charge in [0.05, 0.1) is 5.56 Å². The van der Waals surface area contributed by atoms with E-state index in [1.54, 1.807) is 59.5 Å². The smallest absolute Gasteiger partial charge is 0.308 e. The first-order chi connectivity index (χ1) is 16.9. The molecule has 0 aliphatic carbocycles. The van der Waals surface area contributed by atoms with Crippen molar-refractivity contribution in [2.75, 3.05) is 5.32 Å². The predicted molar refractivity (Wildman–Crippen MR) is 128 cm³/mol. The number of halogens is 1. The molecule has 0 saturated heterocycles. The van der Waals surface area contributed by atoms with E-state index in [0.29, 0.717) is 29.0 Å². The van der Waals surface area contributed by atoms with Crippen LogP contribution < -0.4 is 14.8 Å². The van der Waals surface area contributed by atoms with E-state index in [2.05, 4.69) is 5.32 Å². The third kappa shape index (κ3) is 5.48. The molecule has 8 heteroatoms. The number of nitrogens with zero attached hydrogens (tertiary/aromatic N) is 1. The summed E-state index contributed by atoms with van der Waals surface area (Å²) in [6, 6.07) is 17.9. The molecule has 1 aliphatic rings. The SMILES string of the molecule is CCC1Oc2ccc(NC(=O)c3ccccc3OC(C)=O)cc2CN(Cc2ccccc2F)C1=O. The molecule has 0 saturated carbocycles. The fourth-order valence-electron chi connectivity index (χ4n) is 3.91. The van der Waals surface area contributed by atoms with Gasteiger partial charge in [0.25, 0.3) is 11.8 Å². The highest BCUT2D eigenvalue weighted by atomic mass is 19.1. The molecular weight excluding hydrogens is 451 g/mol. The van der Waals surface area contributed by atoms with Crippen molar-refractivity contribution in [1.82, 2.24) is 4.90 Å². The molecule has 3 aromatic rings. The van der Waals surface area contributed by atoms with E-state index in [0.717, 1.165) is 0 Å². The number of hydrogen-bond acceptors (Lipinski definition) is 5. The Kier molecular flexibility index (Phi) is 7.10. The minimum Gasteiger partial charge on any atom is -0.480 e. The third-order valence-corrected chi connectivity index (χ3v) is 5.61. The fraction of sp³-hybridized carbons (Fsp3) is 0.222. The van der Waals surface area contributed by atoms with Gasteiger partial charge in [-0.15, -0.1) is 0 Å². The number of amides is 2. The monoisotopic (exact) mass is 476 g/mol. The largest absolute Gasteiger partial charge is 0.480 e. The lowest BCUT2D eigenvalue weighted by Crippen LogP contribution is -2.39. The molecule has 7 nitrogen and oxygen atoms in total. The molecular formula is C27H25FN2O5. The Morgan fingerprint density at radius 3 is 2.60 bits per heavy atom. The summed E-state index contributed by atoms with van der Waals surface area (Å²) in [5, 5.41) is 2.80. The van der Waals surface area contributed by atoms with Gasteiger partial charge in [-0.2, -0.15) is 0 Å². The number of carbonyl (C=O) groups excluding carboxylic acids is 3. The van der Waals surface area contributed by atoms with Crippen LogP contribution in [0.3, 0.4) is 0 Å². The number of fused-ring (bicyclic) bond motifs is 1. The van der Waals surface area contributed by atoms with Gasteiger partial charge in [-0.1, -0.05) is 37.3 Å². The Balaban J connectivity index is 1.60. The highest BCUT2D eigenvalue weighted by Gasteiger charge is 2.30. The van der Waals surface area contributed by atoms with E-state index in [9.17, 15) is 18.8 Å². The van der Waals surface area contributed by atoms with Gasteiger partial charge in [-0.3, -0.25) is 14.4 Å². The van der Waals surface area contributed by atoms with Crippen LogP contribution in [0.25, 0.3) is 0 Å². The zero-order valence-electron chi connectivity index (χ0n) is 19.4. The summed E-state index contributed by atoms with van der Waals surface area (Å²) in [6.07, 6.45) is -0.239. The molecule has 0 fully saturated rings. The van der Waals surface area contributed by atoms with Crippen LogP contribution in [0.1, 0.15) is 41.8 Å². The molecule has 0 bridgehead atoms. The van der Waals surface area contributed by atoms with Gasteiger partial charge in [-0.25, -0.2) is 4.39 Å². The van der Waals surface area contributed by atoms with Crippen LogP contribution in [-0.4, -0.2) is 28.8 Å². The zero-order chi connectivity index (χ0) is 24.9. The Bertz CT molecular complexity index is 1280. The Morgan fingerprint density at radius 1 is 1.11 bits per heavy atom. The maximum absolute atomic E-state index is 14.3. The van der Waals surface area contributed by atoms with Crippen LogP contribution >= 0.6 is 0 Å². The van der Waals surface area contributed by atoms with E-state index >= 15 is 0 Å². The molecule has 180 valence electrons. The van der Waals surface area contributed by atoms with Crippen molar-refractivity contribution in [2.24, 2.45) is 0 Å². The van der Waals surface area contributed by atoms with Crippen molar-refractivity contribution in [2.45, 2.75) is 39.5 Å². The molecule has 0 aromatic heterocycles. The van der Waals surface area contributed by atoms with E-state index in [-0.39, 0.29) is 36.1 Å². The number of ether oxygens (including phenoxy) is 2. The highest BCUT2D eigenvalue weighted by molar-refractivity contribution is 6.06. The number of anilines is 1. The standard InChI is InChI=1S/C27H25FN2O5/c1-3-23-27(33)30(15-18-8-4-6-10-22(18)28)16-19-14-20(12-13-24(19)35-23)29-26(32)21-9-5-7-11-25(21)34-17(2)31/h4-14,23H,3,15-16H2,1-2H3,(H,29,32). The van der Waals surface area contributed by atoms with Crippen molar-refractivity contribution < 1.29 is 28.2 Å². The van der Waals surface area contributed by atoms with E-state index < -0.39 is 18.0 Å². The molecule has 1 N–H and O–H groups in total. The van der Waals surface area contributed by atoms with Crippen LogP contribution in [0.2, 0.25) is 0 Å². The summed E-state index contributed by atoms with van der Waals surface area (Å²) in [6.45, 7) is 3.40. The van der Waals surface area contributed by atoms with Crippen molar-refractivity contribution in [3.63, 3.8) is 0 Å². The van der Waals surface area contributed by atoms with Crippen molar-refractivity contribution in [3.8, 4) is 11.5 Å². The third-order valence-electron chi connectivity index (χ3n) is 5.61. The number of benzene rings is 3. The van der Waals surface area contributed by atoms with Gasteiger partial charge in [0, 0.05) is 36.8 Å². The van der Waals surface area contributed by atoms with Gasteiger partial charge in [0.15, 0.2) is 6.10 Å². The molecule has 4 rings (SSSR count). The lowest BCUT2D eigenvalue weighted by Gasteiger charge is -2.23. The van der Waals surface area contributed by atoms with Crippen molar-refractivity contribution in [1.29, 1.82) is 0 Å². The number of rotatable bonds is 6. The predicted octanol–water partition coefficient (Wildman–Crippen LogP) is 4.70. The van der Waals surface area contributed by atoms with Gasteiger partial charge >= 0.3 is 5.97 Å². The van der Waals surface area contributed by atoms with Gasteiger partial charge in [0.1, 0.15) is 17.3 Å². The molecule has 35 heavy (non-hydrogen) atoms. The number of para-hydroxylation sites is 1. The lowest BCUT2D eigenvalue weighted by atomic mass is 10.1. The summed E-state index contributed by atoms with van der Waals surface area (Å²) >= 11 is 0. The minimum atomic E-state index is -0.695. The first kappa shape index (κ1) is 23.9. The lowest BCUT2D eigenvalue weighted by molar-refractivity contribution is -0.139. The second kappa shape index (κ2) is 10.4. The van der Waals surface area contributed by atoms with E-state index in [1.807, 2.05) is 6.92 Å². The number of carbonyl (C=O) groups is 3. The Morgan fingerprint density at radius 2 is 1.86 bits per heavy atom. The second-order valence-corrected chi connectivity index (χ2v) is 8.17. The fourth-order valence-corrected chi connectivity index (χ4v) is 3.91. The van der Waals surface area contributed by atoms with Gasteiger partial charge < -0.3 is 19.7 Å². The normalized spacial score (nSPS) is 15.0. The first-order valence-electron chi connectivity index (χ1n) is 11.3. The summed E-state index contributed by atoms with van der Waals surface area (Å²) < 4.78 is 25.4. The summed E-state index contributed by atoms with van der Waals surface area (Å²) in [5.41, 5.74) is 1.77. The van der Waals surface area contributed by atoms with Crippen molar-refractivity contribution >= 4 is 23.5 Å². The summed E-state index contributed by atoms with van der Waals surface area (Å²) in [4.78, 5) is 38.9. The number of esters is 1. The molecule has 3 aromatic carbocycles. The van der Waals surface area contributed by atoms with E-state index in [1.165, 1.54) is 19.1 Å². The average molecular weight is 477 g/mol. The minimum absolute atomic E-state index is 0.0944. The topological polar surface area (TPSA) is 84.9 Å². The molecule has 0 radical (unpaired) electrons. The average Bonchev–Trinajstić information content (AvgIpc) is 2.96. The van der Waals surface area contributed by atoms with Crippen LogP contribution in [0.4, 0.5) is 10.1 Å². The van der Waals surface area contributed by atoms with Crippen LogP contribution in [0, 0.1) is 5.82 Å². The maximum atomic E-state index is 14.3. The summed E-state index contributed by atoms with van der Waals surface area (Å²) in [7, 11) is 0. The Hall–Kier alpha value is -4.20. The maximum Gasteiger partial charge on any atom is 0.308 e. The first-order valence-corrected chi connectivity index (χ1v) is 11.3. The van der Waals surface area contributed by atoms with Gasteiger partial charge in [0.2, 0.25) is 0 Å². The quantitative estimate of drug-likeness (QED) is 0.412. The zero-order valence-corrected chi connectivity index (χ0v) is 19.4. The summed E-state index contributed by atoms with van der Waals surface area (Å²) in [5.74, 6) is -0.916. The molecule has 2 amide bonds. The molecule has 1 unspecified atom stereocenters. The van der Waals surface area contributed by atoms with Crippen LogP contribution in [0.15, 0.2) is 66.7 Å². The molecule has 1 heterocycles. The molecule has 1 atom stereocenters. The van der Waals surface area contributed by atoms with Crippen molar-refractivity contribution in [3.05, 3.63) is 89.2 Å².